The molecule has 0 atom stereocenters. The topological polar surface area (TPSA) is 69.7 Å². The number of carbonyl (C=O) groups is 1. The number of carbonyl (C=O) groups excluding carboxylic acids is 1. The SMILES string of the molecule is O=C(CN(CC(F)F)C1CC1)Nc1cccc(S(=O)(=O)N2CCCC2)c1. The van der Waals surface area contributed by atoms with E-state index in [1.165, 1.54) is 21.3 Å². The van der Waals surface area contributed by atoms with Crippen LogP contribution in [0.5, 0.6) is 0 Å². The third kappa shape index (κ3) is 4.77. The lowest BCUT2D eigenvalue weighted by Crippen LogP contribution is -2.38. The molecule has 2 aliphatic rings. The summed E-state index contributed by atoms with van der Waals surface area (Å²) in [5, 5.41) is 2.62. The van der Waals surface area contributed by atoms with Gasteiger partial charge in [-0.05, 0) is 43.9 Å². The lowest BCUT2D eigenvalue weighted by Gasteiger charge is -2.21. The molecule has 26 heavy (non-hydrogen) atoms. The fourth-order valence-corrected chi connectivity index (χ4v) is 4.72. The van der Waals surface area contributed by atoms with Gasteiger partial charge in [0.15, 0.2) is 0 Å². The highest BCUT2D eigenvalue weighted by molar-refractivity contribution is 7.89. The van der Waals surface area contributed by atoms with Crippen molar-refractivity contribution in [2.75, 3.05) is 31.5 Å². The third-order valence-corrected chi connectivity index (χ3v) is 6.50. The summed E-state index contributed by atoms with van der Waals surface area (Å²) in [6, 6.07) is 6.11. The Bertz CT molecular complexity index is 747. The highest BCUT2D eigenvalue weighted by Crippen LogP contribution is 2.27. The van der Waals surface area contributed by atoms with E-state index < -0.39 is 28.9 Å². The van der Waals surface area contributed by atoms with Crippen LogP contribution < -0.4 is 5.32 Å². The van der Waals surface area contributed by atoms with E-state index in [0.717, 1.165) is 25.7 Å². The minimum absolute atomic E-state index is 0.0385. The number of nitrogens with zero attached hydrogens (tertiary/aromatic N) is 2. The molecule has 1 amide bonds. The van der Waals surface area contributed by atoms with Crippen molar-refractivity contribution >= 4 is 21.6 Å². The third-order valence-electron chi connectivity index (χ3n) is 4.60. The number of sulfonamides is 1. The second kappa shape index (κ2) is 7.98. The number of nitrogens with one attached hydrogen (secondary N) is 1. The van der Waals surface area contributed by atoms with Crippen LogP contribution in [0.4, 0.5) is 14.5 Å². The molecule has 0 unspecified atom stereocenters. The molecule has 0 radical (unpaired) electrons. The molecule has 1 heterocycles. The van der Waals surface area contributed by atoms with Gasteiger partial charge in [0.05, 0.1) is 18.0 Å². The molecule has 0 spiro atoms. The second-order valence-electron chi connectivity index (χ2n) is 6.74. The highest BCUT2D eigenvalue weighted by atomic mass is 32.2. The van der Waals surface area contributed by atoms with Crippen molar-refractivity contribution in [1.29, 1.82) is 0 Å². The monoisotopic (exact) mass is 387 g/mol. The maximum Gasteiger partial charge on any atom is 0.251 e. The Morgan fingerprint density at radius 1 is 1.27 bits per heavy atom. The normalized spacial score (nSPS) is 18.6. The van der Waals surface area contributed by atoms with Crippen molar-refractivity contribution in [3.8, 4) is 0 Å². The number of hydrogen-bond acceptors (Lipinski definition) is 4. The van der Waals surface area contributed by atoms with Gasteiger partial charge in [-0.2, -0.15) is 4.31 Å². The summed E-state index contributed by atoms with van der Waals surface area (Å²) in [6.45, 7) is 0.450. The van der Waals surface area contributed by atoms with Gasteiger partial charge in [0, 0.05) is 24.8 Å². The van der Waals surface area contributed by atoms with Crippen molar-refractivity contribution < 1.29 is 22.0 Å². The van der Waals surface area contributed by atoms with Crippen LogP contribution in [0.2, 0.25) is 0 Å². The molecule has 1 aromatic carbocycles. The Morgan fingerprint density at radius 3 is 2.58 bits per heavy atom. The van der Waals surface area contributed by atoms with Crippen molar-refractivity contribution in [2.45, 2.75) is 43.0 Å². The Balaban J connectivity index is 1.65. The number of benzene rings is 1. The van der Waals surface area contributed by atoms with Gasteiger partial charge in [0.25, 0.3) is 6.43 Å². The first-order chi connectivity index (χ1) is 12.4. The molecule has 9 heteroatoms. The van der Waals surface area contributed by atoms with Crippen molar-refractivity contribution in [2.24, 2.45) is 0 Å². The van der Waals surface area contributed by atoms with Crippen LogP contribution in [0.1, 0.15) is 25.7 Å². The average Bonchev–Trinajstić information content (AvgIpc) is 3.27. The first-order valence-electron chi connectivity index (χ1n) is 8.78. The number of amides is 1. The van der Waals surface area contributed by atoms with Crippen molar-refractivity contribution in [3.63, 3.8) is 0 Å². The lowest BCUT2D eigenvalue weighted by atomic mass is 10.3. The Kier molecular flexibility index (Phi) is 5.89. The van der Waals surface area contributed by atoms with E-state index in [0.29, 0.717) is 18.8 Å². The van der Waals surface area contributed by atoms with Crippen LogP contribution in [-0.4, -0.2) is 62.2 Å². The maximum atomic E-state index is 12.6. The van der Waals surface area contributed by atoms with Crippen LogP contribution in [0.25, 0.3) is 0 Å². The van der Waals surface area contributed by atoms with Crippen LogP contribution in [-0.2, 0) is 14.8 Å². The minimum Gasteiger partial charge on any atom is -0.325 e. The molecule has 1 saturated carbocycles. The van der Waals surface area contributed by atoms with Gasteiger partial charge < -0.3 is 5.32 Å². The number of anilines is 1. The number of halogens is 2. The lowest BCUT2D eigenvalue weighted by molar-refractivity contribution is -0.117. The molecule has 1 aliphatic carbocycles. The van der Waals surface area contributed by atoms with E-state index >= 15 is 0 Å². The van der Waals surface area contributed by atoms with Gasteiger partial charge in [-0.15, -0.1) is 0 Å². The molecule has 1 N–H and O–H groups in total. The largest absolute Gasteiger partial charge is 0.325 e. The summed E-state index contributed by atoms with van der Waals surface area (Å²) in [6.07, 6.45) is 0.845. The molecule has 0 aromatic heterocycles. The molecule has 1 saturated heterocycles. The van der Waals surface area contributed by atoms with E-state index in [-0.39, 0.29) is 17.5 Å². The smallest absolute Gasteiger partial charge is 0.251 e. The highest BCUT2D eigenvalue weighted by Gasteiger charge is 2.32. The van der Waals surface area contributed by atoms with Crippen LogP contribution in [0, 0.1) is 0 Å². The first kappa shape index (κ1) is 19.2. The van der Waals surface area contributed by atoms with E-state index in [9.17, 15) is 22.0 Å². The average molecular weight is 387 g/mol. The zero-order valence-electron chi connectivity index (χ0n) is 14.4. The Labute approximate surface area is 152 Å². The number of alkyl halides is 2. The van der Waals surface area contributed by atoms with E-state index in [4.69, 9.17) is 0 Å². The van der Waals surface area contributed by atoms with Crippen LogP contribution in [0.15, 0.2) is 29.2 Å². The summed E-state index contributed by atoms with van der Waals surface area (Å²) >= 11 is 0. The summed E-state index contributed by atoms with van der Waals surface area (Å²) in [7, 11) is -3.57. The van der Waals surface area contributed by atoms with Gasteiger partial charge >= 0.3 is 0 Å². The molecule has 2 fully saturated rings. The Morgan fingerprint density at radius 2 is 1.96 bits per heavy atom. The first-order valence-corrected chi connectivity index (χ1v) is 10.2. The molecular weight excluding hydrogens is 364 g/mol. The minimum atomic E-state index is -3.57. The summed E-state index contributed by atoms with van der Waals surface area (Å²) in [5.74, 6) is -0.423. The standard InChI is InChI=1S/C17H23F2N3O3S/c18-16(19)11-21(14-6-7-14)12-17(23)20-13-4-3-5-15(10-13)26(24,25)22-8-1-2-9-22/h3-5,10,14,16H,1-2,6-9,11-12H2,(H,20,23). The zero-order chi connectivity index (χ0) is 18.7. The van der Waals surface area contributed by atoms with E-state index in [1.54, 1.807) is 12.1 Å². The molecule has 1 aromatic rings. The van der Waals surface area contributed by atoms with Gasteiger partial charge in [0.2, 0.25) is 15.9 Å². The molecular formula is C17H23F2N3O3S. The molecule has 1 aliphatic heterocycles. The van der Waals surface area contributed by atoms with Gasteiger partial charge in [-0.3, -0.25) is 9.69 Å². The van der Waals surface area contributed by atoms with Crippen molar-refractivity contribution in [3.05, 3.63) is 24.3 Å². The molecule has 0 bridgehead atoms. The second-order valence-corrected chi connectivity index (χ2v) is 8.68. The van der Waals surface area contributed by atoms with Crippen LogP contribution in [0.3, 0.4) is 0 Å². The predicted molar refractivity (Wildman–Crippen MR) is 93.7 cm³/mol. The Hall–Kier alpha value is -1.58. The predicted octanol–water partition coefficient (Wildman–Crippen LogP) is 2.14. The summed E-state index contributed by atoms with van der Waals surface area (Å²) < 4.78 is 51.9. The van der Waals surface area contributed by atoms with Gasteiger partial charge in [-0.25, -0.2) is 17.2 Å². The fourth-order valence-electron chi connectivity index (χ4n) is 3.16. The van der Waals surface area contributed by atoms with Gasteiger partial charge in [-0.1, -0.05) is 6.07 Å². The van der Waals surface area contributed by atoms with Crippen LogP contribution >= 0.6 is 0 Å². The summed E-state index contributed by atoms with van der Waals surface area (Å²) in [5.41, 5.74) is 0.350. The summed E-state index contributed by atoms with van der Waals surface area (Å²) in [4.78, 5) is 13.8. The fraction of sp³-hybridized carbons (Fsp3) is 0.588. The van der Waals surface area contributed by atoms with Gasteiger partial charge in [0.1, 0.15) is 0 Å². The molecule has 6 nitrogen and oxygen atoms in total. The molecule has 144 valence electrons. The number of hydrogen-bond donors (Lipinski definition) is 1. The quantitative estimate of drug-likeness (QED) is 0.742. The zero-order valence-corrected chi connectivity index (χ0v) is 15.2. The van der Waals surface area contributed by atoms with E-state index in [2.05, 4.69) is 5.32 Å². The maximum absolute atomic E-state index is 12.6. The van der Waals surface area contributed by atoms with E-state index in [1.807, 2.05) is 0 Å². The van der Waals surface area contributed by atoms with Crippen molar-refractivity contribution in [1.82, 2.24) is 9.21 Å². The molecule has 3 rings (SSSR count). The number of rotatable bonds is 8.